The number of amides is 2. The highest BCUT2D eigenvalue weighted by Gasteiger charge is 2.22. The normalized spacial score (nSPS) is 11.0. The van der Waals surface area contributed by atoms with Crippen LogP contribution >= 0.6 is 0 Å². The van der Waals surface area contributed by atoms with Crippen molar-refractivity contribution in [3.05, 3.63) is 211 Å². The van der Waals surface area contributed by atoms with Crippen molar-refractivity contribution < 1.29 is 22.8 Å². The van der Waals surface area contributed by atoms with Gasteiger partial charge in [-0.3, -0.25) is 19.2 Å². The number of para-hydroxylation sites is 1. The Hall–Kier alpha value is -7.27. The zero-order valence-corrected chi connectivity index (χ0v) is 32.3. The number of pyridine rings is 2. The molecule has 0 saturated carbocycles. The standard InChI is InChI=1S/C24H22N2O3.C23H19FN2O3/c1-16-5-8-18(9-6-16)14-26(24(28)22-4-3-11-29-22)15-20-13-19-12-17(2)7-10-21(19)25-23(20)27;1-15-5-2-6-16-11-18(22(27)25-21(15)16)13-26(14-20-9-4-10-29-20)23(28)17-7-3-8-19(24)12-17/h3-13H,14-15H2,1-2H3,(H,25,27);2-12H,13-14H2,1H3,(H,25,27). The van der Waals surface area contributed by atoms with Crippen LogP contribution < -0.4 is 11.1 Å². The smallest absolute Gasteiger partial charge is 0.290 e. The maximum Gasteiger partial charge on any atom is 0.290 e. The number of nitrogens with zero attached hydrogens (tertiary/aromatic N) is 2. The van der Waals surface area contributed by atoms with E-state index in [1.807, 2.05) is 87.5 Å². The van der Waals surface area contributed by atoms with Gasteiger partial charge in [0, 0.05) is 28.8 Å². The van der Waals surface area contributed by atoms with E-state index in [2.05, 4.69) is 9.97 Å². The number of aromatic amines is 2. The molecule has 8 rings (SSSR count). The predicted molar refractivity (Wildman–Crippen MR) is 221 cm³/mol. The molecule has 4 heterocycles. The topological polar surface area (TPSA) is 133 Å². The summed E-state index contributed by atoms with van der Waals surface area (Å²) in [7, 11) is 0. The molecule has 0 unspecified atom stereocenters. The average Bonchev–Trinajstić information content (AvgIpc) is 3.95. The number of H-pyrrole nitrogens is 2. The third-order valence-electron chi connectivity index (χ3n) is 9.76. The SMILES string of the molecule is Cc1ccc(CN(Cc2cc3cc(C)ccc3[nH]c2=O)C(=O)c2ccco2)cc1.Cc1cccc2cc(CN(Cc3ccco3)C(=O)c3cccc(F)c3)c(=O)[nH]c12. The van der Waals surface area contributed by atoms with E-state index in [4.69, 9.17) is 8.83 Å². The molecule has 0 atom stereocenters. The lowest BCUT2D eigenvalue weighted by Crippen LogP contribution is -2.32. The molecule has 0 aliphatic heterocycles. The lowest BCUT2D eigenvalue weighted by Gasteiger charge is -2.22. The lowest BCUT2D eigenvalue weighted by molar-refractivity contribution is 0.0695. The first-order valence-electron chi connectivity index (χ1n) is 18.7. The summed E-state index contributed by atoms with van der Waals surface area (Å²) in [5.41, 5.74) is 6.52. The largest absolute Gasteiger partial charge is 0.467 e. The molecule has 58 heavy (non-hydrogen) atoms. The molecule has 2 amide bonds. The number of carbonyl (C=O) groups excluding carboxylic acids is 2. The van der Waals surface area contributed by atoms with Crippen molar-refractivity contribution in [2.45, 2.75) is 47.0 Å². The van der Waals surface area contributed by atoms with E-state index in [0.29, 0.717) is 23.4 Å². The van der Waals surface area contributed by atoms with Crippen LogP contribution in [0.1, 0.15) is 60.1 Å². The maximum absolute atomic E-state index is 13.6. The summed E-state index contributed by atoms with van der Waals surface area (Å²) >= 11 is 0. The van der Waals surface area contributed by atoms with Gasteiger partial charge >= 0.3 is 0 Å². The Morgan fingerprint density at radius 1 is 0.603 bits per heavy atom. The second-order valence-electron chi connectivity index (χ2n) is 14.3. The Balaban J connectivity index is 0.000000177. The van der Waals surface area contributed by atoms with Crippen molar-refractivity contribution in [2.75, 3.05) is 0 Å². The van der Waals surface area contributed by atoms with Crippen molar-refractivity contribution in [1.82, 2.24) is 19.8 Å². The van der Waals surface area contributed by atoms with Crippen LogP contribution in [0.3, 0.4) is 0 Å². The molecule has 4 aromatic heterocycles. The highest BCUT2D eigenvalue weighted by molar-refractivity contribution is 5.94. The molecule has 292 valence electrons. The minimum atomic E-state index is -0.493. The molecule has 0 spiro atoms. The highest BCUT2D eigenvalue weighted by Crippen LogP contribution is 2.20. The van der Waals surface area contributed by atoms with Gasteiger partial charge in [0.2, 0.25) is 0 Å². The van der Waals surface area contributed by atoms with Gasteiger partial charge in [0.1, 0.15) is 11.6 Å². The number of nitrogens with one attached hydrogen (secondary N) is 2. The quantitative estimate of drug-likeness (QED) is 0.143. The molecule has 2 N–H and O–H groups in total. The van der Waals surface area contributed by atoms with Crippen molar-refractivity contribution in [1.29, 1.82) is 0 Å². The van der Waals surface area contributed by atoms with Gasteiger partial charge in [-0.05, 0) is 109 Å². The minimum Gasteiger partial charge on any atom is -0.467 e. The third kappa shape index (κ3) is 9.22. The number of halogens is 1. The Kier molecular flexibility index (Phi) is 11.6. The second kappa shape index (κ2) is 17.3. The molecule has 0 aliphatic carbocycles. The number of aryl methyl sites for hydroxylation is 3. The first-order valence-corrected chi connectivity index (χ1v) is 18.7. The van der Waals surface area contributed by atoms with Gasteiger partial charge in [0.25, 0.3) is 22.9 Å². The van der Waals surface area contributed by atoms with Crippen molar-refractivity contribution in [2.24, 2.45) is 0 Å². The molecule has 0 saturated heterocycles. The molecular weight excluding hydrogens is 736 g/mol. The van der Waals surface area contributed by atoms with Gasteiger partial charge in [-0.15, -0.1) is 0 Å². The number of rotatable bonds is 10. The Morgan fingerprint density at radius 2 is 1.28 bits per heavy atom. The van der Waals surface area contributed by atoms with Crippen LogP contribution in [0.4, 0.5) is 4.39 Å². The van der Waals surface area contributed by atoms with Crippen molar-refractivity contribution >= 4 is 33.6 Å². The van der Waals surface area contributed by atoms with E-state index in [-0.39, 0.29) is 53.9 Å². The summed E-state index contributed by atoms with van der Waals surface area (Å²) in [6, 6.07) is 35.6. The fourth-order valence-electron chi connectivity index (χ4n) is 6.71. The van der Waals surface area contributed by atoms with E-state index in [1.54, 1.807) is 41.3 Å². The van der Waals surface area contributed by atoms with Crippen LogP contribution in [0.15, 0.2) is 152 Å². The number of hydrogen-bond donors (Lipinski definition) is 2. The summed E-state index contributed by atoms with van der Waals surface area (Å²) in [6.07, 6.45) is 2.99. The first-order chi connectivity index (χ1) is 28.0. The van der Waals surface area contributed by atoms with Gasteiger partial charge in [-0.2, -0.15) is 0 Å². The van der Waals surface area contributed by atoms with Crippen LogP contribution in [-0.2, 0) is 26.2 Å². The van der Waals surface area contributed by atoms with E-state index in [0.717, 1.165) is 44.1 Å². The summed E-state index contributed by atoms with van der Waals surface area (Å²) in [5, 5.41) is 1.83. The molecule has 4 aromatic carbocycles. The van der Waals surface area contributed by atoms with E-state index < -0.39 is 5.82 Å². The summed E-state index contributed by atoms with van der Waals surface area (Å²) < 4.78 is 24.3. The van der Waals surface area contributed by atoms with Gasteiger partial charge < -0.3 is 28.6 Å². The summed E-state index contributed by atoms with van der Waals surface area (Å²) in [6.45, 7) is 6.75. The molecule has 0 radical (unpaired) electrons. The van der Waals surface area contributed by atoms with Crippen LogP contribution in [0.25, 0.3) is 21.8 Å². The number of benzene rings is 4. The Morgan fingerprint density at radius 3 is 1.98 bits per heavy atom. The fourth-order valence-corrected chi connectivity index (χ4v) is 6.71. The van der Waals surface area contributed by atoms with Crippen molar-refractivity contribution in [3.63, 3.8) is 0 Å². The Labute approximate surface area is 333 Å². The molecule has 0 aliphatic rings. The minimum absolute atomic E-state index is 0.0647. The summed E-state index contributed by atoms with van der Waals surface area (Å²) in [4.78, 5) is 60.3. The third-order valence-corrected chi connectivity index (χ3v) is 9.76. The number of furan rings is 2. The molecule has 10 nitrogen and oxygen atoms in total. The maximum atomic E-state index is 13.6. The number of hydrogen-bond acceptors (Lipinski definition) is 6. The van der Waals surface area contributed by atoms with Gasteiger partial charge in [-0.1, -0.05) is 65.7 Å². The first kappa shape index (κ1) is 39.0. The highest BCUT2D eigenvalue weighted by atomic mass is 19.1. The van der Waals surface area contributed by atoms with Gasteiger partial charge in [0.05, 0.1) is 37.7 Å². The molecule has 0 fully saturated rings. The van der Waals surface area contributed by atoms with E-state index in [1.165, 1.54) is 35.6 Å². The average molecular weight is 777 g/mol. The lowest BCUT2D eigenvalue weighted by atomic mass is 10.1. The number of aromatic nitrogens is 2. The molecular formula is C47H41FN4O6. The van der Waals surface area contributed by atoms with Crippen LogP contribution in [0, 0.1) is 26.6 Å². The van der Waals surface area contributed by atoms with Crippen LogP contribution in [0.5, 0.6) is 0 Å². The van der Waals surface area contributed by atoms with Gasteiger partial charge in [-0.25, -0.2) is 4.39 Å². The zero-order valence-electron chi connectivity index (χ0n) is 32.3. The molecule has 8 aromatic rings. The molecule has 0 bridgehead atoms. The number of fused-ring (bicyclic) bond motifs is 2. The zero-order chi connectivity index (χ0) is 40.8. The fraction of sp³-hybridized carbons (Fsp3) is 0.149. The number of carbonyl (C=O) groups is 2. The van der Waals surface area contributed by atoms with Gasteiger partial charge in [0.15, 0.2) is 5.76 Å². The van der Waals surface area contributed by atoms with Crippen molar-refractivity contribution in [3.8, 4) is 0 Å². The summed E-state index contributed by atoms with van der Waals surface area (Å²) in [5.74, 6) is -0.301. The van der Waals surface area contributed by atoms with Crippen LogP contribution in [-0.4, -0.2) is 31.6 Å². The second-order valence-corrected chi connectivity index (χ2v) is 14.3. The monoisotopic (exact) mass is 776 g/mol. The molecule has 11 heteroatoms. The van der Waals surface area contributed by atoms with E-state index >= 15 is 0 Å². The Bertz CT molecular complexity index is 2820. The van der Waals surface area contributed by atoms with Crippen LogP contribution in [0.2, 0.25) is 0 Å². The van der Waals surface area contributed by atoms with E-state index in [9.17, 15) is 23.6 Å². The predicted octanol–water partition coefficient (Wildman–Crippen LogP) is 8.99.